The van der Waals surface area contributed by atoms with Crippen molar-refractivity contribution in [2.45, 2.75) is 13.5 Å². The molecule has 0 unspecified atom stereocenters. The van der Waals surface area contributed by atoms with E-state index in [0.717, 1.165) is 29.4 Å². The molecule has 1 aromatic heterocycles. The first-order valence-electron chi connectivity index (χ1n) is 6.62. The number of hydrogen-bond donors (Lipinski definition) is 1. The highest BCUT2D eigenvalue weighted by Crippen LogP contribution is 2.18. The monoisotopic (exact) mass is 301 g/mol. The molecule has 0 saturated carbocycles. The van der Waals surface area contributed by atoms with Crippen molar-refractivity contribution in [1.29, 1.82) is 0 Å². The van der Waals surface area contributed by atoms with Crippen LogP contribution in [0.25, 0.3) is 0 Å². The lowest BCUT2D eigenvalue weighted by Gasteiger charge is -2.19. The molecule has 2 N–H and O–H groups in total. The van der Waals surface area contributed by atoms with Gasteiger partial charge in [0, 0.05) is 24.8 Å². The molecule has 1 aromatic carbocycles. The van der Waals surface area contributed by atoms with E-state index in [1.165, 1.54) is 5.56 Å². The van der Waals surface area contributed by atoms with Crippen LogP contribution in [-0.2, 0) is 6.54 Å². The SMILES string of the molecule is COc1ccc(CN(C)c2cc(C(N)=S)cc(C)n2)cc1. The fraction of sp³-hybridized carbons (Fsp3) is 0.250. The zero-order chi connectivity index (χ0) is 15.4. The van der Waals surface area contributed by atoms with Gasteiger partial charge >= 0.3 is 0 Å². The molecular weight excluding hydrogens is 282 g/mol. The molecule has 0 bridgehead atoms. The van der Waals surface area contributed by atoms with Gasteiger partial charge in [-0.3, -0.25) is 0 Å². The average Bonchev–Trinajstić information content (AvgIpc) is 2.47. The molecule has 0 aliphatic rings. The fourth-order valence-corrected chi connectivity index (χ4v) is 2.19. The Morgan fingerprint density at radius 3 is 2.52 bits per heavy atom. The third-order valence-electron chi connectivity index (χ3n) is 3.19. The van der Waals surface area contributed by atoms with E-state index in [0.29, 0.717) is 4.99 Å². The van der Waals surface area contributed by atoms with E-state index in [1.807, 2.05) is 50.4 Å². The number of aromatic nitrogens is 1. The minimum absolute atomic E-state index is 0.389. The maximum atomic E-state index is 5.71. The number of aryl methyl sites for hydroxylation is 1. The number of methoxy groups -OCH3 is 1. The minimum atomic E-state index is 0.389. The summed E-state index contributed by atoms with van der Waals surface area (Å²) in [6, 6.07) is 11.8. The van der Waals surface area contributed by atoms with Gasteiger partial charge in [-0.25, -0.2) is 4.98 Å². The van der Waals surface area contributed by atoms with Gasteiger partial charge in [0.05, 0.1) is 7.11 Å². The summed E-state index contributed by atoms with van der Waals surface area (Å²) >= 11 is 5.04. The maximum Gasteiger partial charge on any atom is 0.129 e. The normalized spacial score (nSPS) is 10.2. The van der Waals surface area contributed by atoms with Crippen LogP contribution in [0.3, 0.4) is 0 Å². The van der Waals surface area contributed by atoms with Crippen molar-refractivity contribution in [2.75, 3.05) is 19.1 Å². The Labute approximate surface area is 130 Å². The lowest BCUT2D eigenvalue weighted by atomic mass is 10.2. The van der Waals surface area contributed by atoms with Crippen LogP contribution in [-0.4, -0.2) is 24.1 Å². The van der Waals surface area contributed by atoms with Gasteiger partial charge in [-0.15, -0.1) is 0 Å². The van der Waals surface area contributed by atoms with Gasteiger partial charge in [0.2, 0.25) is 0 Å². The van der Waals surface area contributed by atoms with Crippen molar-refractivity contribution in [1.82, 2.24) is 4.98 Å². The standard InChI is InChI=1S/C16H19N3OS/c1-11-8-13(16(17)21)9-15(18-11)19(2)10-12-4-6-14(20-3)7-5-12/h4-9H,10H2,1-3H3,(H2,17,21). The average molecular weight is 301 g/mol. The number of rotatable bonds is 5. The van der Waals surface area contributed by atoms with Crippen molar-refractivity contribution in [3.05, 3.63) is 53.2 Å². The first-order valence-corrected chi connectivity index (χ1v) is 7.03. The van der Waals surface area contributed by atoms with E-state index in [9.17, 15) is 0 Å². The first kappa shape index (κ1) is 15.3. The molecule has 0 saturated heterocycles. The summed E-state index contributed by atoms with van der Waals surface area (Å²) in [5, 5.41) is 0. The zero-order valence-corrected chi connectivity index (χ0v) is 13.3. The lowest BCUT2D eigenvalue weighted by molar-refractivity contribution is 0.414. The van der Waals surface area contributed by atoms with Crippen LogP contribution in [0, 0.1) is 6.92 Å². The minimum Gasteiger partial charge on any atom is -0.497 e. The second-order valence-corrected chi connectivity index (χ2v) is 5.36. The number of ether oxygens (including phenoxy) is 1. The van der Waals surface area contributed by atoms with E-state index in [1.54, 1.807) is 7.11 Å². The summed E-state index contributed by atoms with van der Waals surface area (Å²) in [5.41, 5.74) is 8.63. The Hall–Kier alpha value is -2.14. The molecule has 0 aliphatic carbocycles. The van der Waals surface area contributed by atoms with Gasteiger partial charge in [0.15, 0.2) is 0 Å². The Morgan fingerprint density at radius 1 is 1.29 bits per heavy atom. The molecule has 0 atom stereocenters. The largest absolute Gasteiger partial charge is 0.497 e. The van der Waals surface area contributed by atoms with Gasteiger partial charge < -0.3 is 15.4 Å². The van der Waals surface area contributed by atoms with E-state index in [4.69, 9.17) is 22.7 Å². The predicted molar refractivity (Wildman–Crippen MR) is 90.0 cm³/mol. The topological polar surface area (TPSA) is 51.4 Å². The summed E-state index contributed by atoms with van der Waals surface area (Å²) in [5.74, 6) is 1.71. The van der Waals surface area contributed by atoms with Crippen LogP contribution in [0.15, 0.2) is 36.4 Å². The van der Waals surface area contributed by atoms with Crippen LogP contribution < -0.4 is 15.4 Å². The molecule has 2 rings (SSSR count). The summed E-state index contributed by atoms with van der Waals surface area (Å²) in [7, 11) is 3.66. The second-order valence-electron chi connectivity index (χ2n) is 4.92. The van der Waals surface area contributed by atoms with Gasteiger partial charge in [-0.1, -0.05) is 24.4 Å². The Kier molecular flexibility index (Phi) is 4.75. The van der Waals surface area contributed by atoms with Gasteiger partial charge in [0.25, 0.3) is 0 Å². The van der Waals surface area contributed by atoms with E-state index < -0.39 is 0 Å². The summed E-state index contributed by atoms with van der Waals surface area (Å²) in [6.07, 6.45) is 0. The van der Waals surface area contributed by atoms with Crippen LogP contribution in [0.5, 0.6) is 5.75 Å². The molecule has 21 heavy (non-hydrogen) atoms. The van der Waals surface area contributed by atoms with Gasteiger partial charge in [0.1, 0.15) is 16.6 Å². The second kappa shape index (κ2) is 6.54. The third kappa shape index (κ3) is 3.92. The number of thiocarbonyl (C=S) groups is 1. The lowest BCUT2D eigenvalue weighted by Crippen LogP contribution is -2.19. The van der Waals surface area contributed by atoms with Crippen molar-refractivity contribution in [3.63, 3.8) is 0 Å². The third-order valence-corrected chi connectivity index (χ3v) is 3.43. The van der Waals surface area contributed by atoms with Crippen molar-refractivity contribution < 1.29 is 4.74 Å². The quantitative estimate of drug-likeness (QED) is 0.861. The van der Waals surface area contributed by atoms with E-state index in [2.05, 4.69) is 9.88 Å². The van der Waals surface area contributed by atoms with Crippen molar-refractivity contribution in [2.24, 2.45) is 5.73 Å². The fourth-order valence-electron chi connectivity index (χ4n) is 2.07. The molecule has 1 heterocycles. The number of hydrogen-bond acceptors (Lipinski definition) is 4. The highest BCUT2D eigenvalue weighted by atomic mass is 32.1. The molecule has 0 spiro atoms. The molecular formula is C16H19N3OS. The first-order chi connectivity index (χ1) is 9.99. The molecule has 0 aliphatic heterocycles. The zero-order valence-electron chi connectivity index (χ0n) is 12.5. The van der Waals surface area contributed by atoms with E-state index in [-0.39, 0.29) is 0 Å². The highest BCUT2D eigenvalue weighted by Gasteiger charge is 2.08. The van der Waals surface area contributed by atoms with Crippen LogP contribution in [0.4, 0.5) is 5.82 Å². The summed E-state index contributed by atoms with van der Waals surface area (Å²) in [6.45, 7) is 2.68. The summed E-state index contributed by atoms with van der Waals surface area (Å²) < 4.78 is 5.16. The molecule has 0 fully saturated rings. The molecule has 0 amide bonds. The van der Waals surface area contributed by atoms with Crippen molar-refractivity contribution in [3.8, 4) is 5.75 Å². The Morgan fingerprint density at radius 2 is 1.95 bits per heavy atom. The molecule has 4 nitrogen and oxygen atoms in total. The number of nitrogens with zero attached hydrogens (tertiary/aromatic N) is 2. The predicted octanol–water partition coefficient (Wildman–Crippen LogP) is 2.67. The van der Waals surface area contributed by atoms with Crippen LogP contribution >= 0.6 is 12.2 Å². The van der Waals surface area contributed by atoms with Gasteiger partial charge in [-0.2, -0.15) is 0 Å². The van der Waals surface area contributed by atoms with Crippen molar-refractivity contribution >= 4 is 23.0 Å². The maximum absolute atomic E-state index is 5.71. The molecule has 2 aromatic rings. The summed E-state index contributed by atoms with van der Waals surface area (Å²) in [4.78, 5) is 6.99. The number of benzene rings is 1. The number of anilines is 1. The number of pyridine rings is 1. The highest BCUT2D eigenvalue weighted by molar-refractivity contribution is 7.80. The molecule has 110 valence electrons. The Balaban J connectivity index is 2.19. The van der Waals surface area contributed by atoms with Gasteiger partial charge in [-0.05, 0) is 36.8 Å². The smallest absolute Gasteiger partial charge is 0.129 e. The van der Waals surface area contributed by atoms with Crippen LogP contribution in [0.2, 0.25) is 0 Å². The molecule has 0 radical (unpaired) electrons. The van der Waals surface area contributed by atoms with E-state index >= 15 is 0 Å². The number of nitrogens with two attached hydrogens (primary N) is 1. The Bertz CT molecular complexity index is 640. The molecule has 5 heteroatoms. The van der Waals surface area contributed by atoms with Crippen LogP contribution in [0.1, 0.15) is 16.8 Å².